The fourth-order valence-corrected chi connectivity index (χ4v) is 9.26. The van der Waals surface area contributed by atoms with Crippen molar-refractivity contribution in [3.63, 3.8) is 0 Å². The molecule has 1 saturated heterocycles. The van der Waals surface area contributed by atoms with E-state index in [1.54, 1.807) is 0 Å². The van der Waals surface area contributed by atoms with Crippen LogP contribution in [-0.2, 0) is 28.5 Å². The molecule has 50 heavy (non-hydrogen) atoms. The molecule has 5 fully saturated rings. The van der Waals surface area contributed by atoms with E-state index < -0.39 is 12.1 Å². The van der Waals surface area contributed by atoms with Gasteiger partial charge in [0.05, 0.1) is 18.9 Å². The Morgan fingerprint density at radius 2 is 1.26 bits per heavy atom. The summed E-state index contributed by atoms with van der Waals surface area (Å²) >= 11 is 0. The monoisotopic (exact) mass is 700 g/mol. The normalized spacial score (nSPS) is 25.0. The number of hydrogen-bond donors (Lipinski definition) is 0. The number of carbonyl (C=O) groups excluding carboxylic acids is 3. The van der Waals surface area contributed by atoms with Gasteiger partial charge < -0.3 is 23.8 Å². The largest absolute Gasteiger partial charge is 0.508 e. The number of hydrogen-bond acceptors (Lipinski definition) is 8. The fourth-order valence-electron chi connectivity index (χ4n) is 9.26. The number of rotatable bonds is 26. The Morgan fingerprint density at radius 3 is 1.92 bits per heavy atom. The topological polar surface area (TPSA) is 91.4 Å². The number of likely N-dealkylation sites (tertiary alicyclic amines) is 1. The predicted octanol–water partition coefficient (Wildman–Crippen LogP) is 9.75. The third-order valence-corrected chi connectivity index (χ3v) is 11.5. The number of esters is 2. The van der Waals surface area contributed by atoms with E-state index in [0.717, 1.165) is 102 Å². The Kier molecular flexibility index (Phi) is 18.8. The third-order valence-electron chi connectivity index (χ3n) is 11.5. The molecule has 284 valence electrons. The van der Waals surface area contributed by atoms with Crippen molar-refractivity contribution in [1.82, 2.24) is 4.90 Å². The van der Waals surface area contributed by atoms with E-state index in [4.69, 9.17) is 18.9 Å². The smallest absolute Gasteiger partial charge is 0.465 e. The quantitative estimate of drug-likeness (QED) is 0.0382. The van der Waals surface area contributed by atoms with Gasteiger partial charge in [-0.3, -0.25) is 9.59 Å². The molecule has 8 nitrogen and oxygen atoms in total. The summed E-state index contributed by atoms with van der Waals surface area (Å²) in [6.07, 6.45) is 32.3. The highest BCUT2D eigenvalue weighted by Crippen LogP contribution is 2.61. The minimum atomic E-state index is -0.729. The van der Waals surface area contributed by atoms with E-state index in [0.29, 0.717) is 19.4 Å². The molecular formula is C42H69NO7. The first-order valence-corrected chi connectivity index (χ1v) is 20.6. The number of ether oxygens (including phenoxy) is 4. The van der Waals surface area contributed by atoms with Gasteiger partial charge in [0.1, 0.15) is 19.8 Å². The summed E-state index contributed by atoms with van der Waals surface area (Å²) in [5.74, 6) is 1.45. The number of unbranched alkanes of at least 4 members (excludes halogenated alkanes) is 8. The number of carbonyl (C=O) groups is 3. The van der Waals surface area contributed by atoms with Crippen molar-refractivity contribution in [2.75, 3.05) is 46.1 Å². The summed E-state index contributed by atoms with van der Waals surface area (Å²) in [4.78, 5) is 40.4. The highest BCUT2D eigenvalue weighted by molar-refractivity contribution is 5.70. The molecule has 5 rings (SSSR count). The molecule has 4 saturated carbocycles. The lowest BCUT2D eigenvalue weighted by atomic mass is 9.49. The van der Waals surface area contributed by atoms with Crippen LogP contribution in [0.4, 0.5) is 4.79 Å². The van der Waals surface area contributed by atoms with Crippen molar-refractivity contribution in [3.05, 3.63) is 24.3 Å². The lowest BCUT2D eigenvalue weighted by Crippen LogP contribution is -2.47. The van der Waals surface area contributed by atoms with E-state index in [1.807, 2.05) is 0 Å². The Labute approximate surface area is 303 Å². The van der Waals surface area contributed by atoms with Crippen LogP contribution < -0.4 is 0 Å². The van der Waals surface area contributed by atoms with Gasteiger partial charge in [-0.25, -0.2) is 4.79 Å². The SMILES string of the molecule is CCCCC/C=C\C/C=C\CCCCCCCC(=O)OCC(COC(=O)C[C@]12CC3CC(C[C@@H](C3)C1)C2)COC(=O)OCCCN1CCCC1. The highest BCUT2D eigenvalue weighted by Gasteiger charge is 2.51. The summed E-state index contributed by atoms with van der Waals surface area (Å²) in [5.41, 5.74) is 0.102. The molecule has 1 unspecified atom stereocenters. The van der Waals surface area contributed by atoms with E-state index in [2.05, 4.69) is 36.1 Å². The van der Waals surface area contributed by atoms with E-state index >= 15 is 0 Å². The van der Waals surface area contributed by atoms with Gasteiger partial charge in [0, 0.05) is 13.0 Å². The molecule has 0 N–H and O–H groups in total. The standard InChI is InChI=1S/C42H69NO7/c1-2-3-4-5-6-7-8-9-10-11-12-13-14-15-16-20-39(44)48-32-38(34-50-41(46)47-24-19-23-43-21-17-18-22-43)33-49-40(45)31-42-28-35-25-36(29-42)27-37(26-35)30-42/h6-7,9-10,35-38H,2-5,8,11-34H2,1H3/b7-6-,10-9-/t35-,36?,37?,38?,42+. The minimum absolute atomic E-state index is 0.0213. The van der Waals surface area contributed by atoms with Crippen LogP contribution in [0, 0.1) is 29.1 Å². The summed E-state index contributed by atoms with van der Waals surface area (Å²) < 4.78 is 22.1. The zero-order chi connectivity index (χ0) is 35.3. The Morgan fingerprint density at radius 1 is 0.680 bits per heavy atom. The highest BCUT2D eigenvalue weighted by atomic mass is 16.7. The number of allylic oxidation sites excluding steroid dienone is 4. The van der Waals surface area contributed by atoms with Crippen LogP contribution in [0.2, 0.25) is 0 Å². The molecule has 5 aliphatic rings. The van der Waals surface area contributed by atoms with Gasteiger partial charge in [-0.05, 0) is 133 Å². The fraction of sp³-hybridized carbons (Fsp3) is 0.833. The lowest BCUT2D eigenvalue weighted by molar-refractivity contribution is -0.155. The molecule has 8 heteroatoms. The van der Waals surface area contributed by atoms with Gasteiger partial charge in [-0.15, -0.1) is 0 Å². The molecule has 0 aromatic rings. The van der Waals surface area contributed by atoms with Crippen LogP contribution in [-0.4, -0.2) is 69.1 Å². The molecule has 4 aliphatic carbocycles. The second kappa shape index (κ2) is 23.3. The van der Waals surface area contributed by atoms with Gasteiger partial charge in [-0.1, -0.05) is 63.3 Å². The molecule has 1 heterocycles. The second-order valence-corrected chi connectivity index (χ2v) is 16.1. The zero-order valence-corrected chi connectivity index (χ0v) is 31.4. The van der Waals surface area contributed by atoms with Crippen molar-refractivity contribution in [2.24, 2.45) is 29.1 Å². The van der Waals surface area contributed by atoms with Crippen LogP contribution in [0.3, 0.4) is 0 Å². The predicted molar refractivity (Wildman–Crippen MR) is 198 cm³/mol. The lowest BCUT2D eigenvalue weighted by Gasteiger charge is -2.56. The van der Waals surface area contributed by atoms with E-state index in [9.17, 15) is 14.4 Å². The van der Waals surface area contributed by atoms with Gasteiger partial charge in [-0.2, -0.15) is 0 Å². The van der Waals surface area contributed by atoms with Crippen LogP contribution >= 0.6 is 0 Å². The maximum Gasteiger partial charge on any atom is 0.508 e. The Balaban J connectivity index is 1.09. The number of nitrogens with zero attached hydrogens (tertiary/aromatic N) is 1. The molecule has 0 aromatic heterocycles. The molecule has 0 aromatic carbocycles. The van der Waals surface area contributed by atoms with Crippen molar-refractivity contribution < 1.29 is 33.3 Å². The molecular weight excluding hydrogens is 630 g/mol. The first kappa shape index (κ1) is 40.4. The molecule has 0 spiro atoms. The van der Waals surface area contributed by atoms with Crippen LogP contribution in [0.1, 0.15) is 148 Å². The van der Waals surface area contributed by atoms with Gasteiger partial charge in [0.25, 0.3) is 0 Å². The summed E-state index contributed by atoms with van der Waals surface area (Å²) in [5, 5.41) is 0. The van der Waals surface area contributed by atoms with Crippen molar-refractivity contribution >= 4 is 18.1 Å². The van der Waals surface area contributed by atoms with Gasteiger partial charge >= 0.3 is 18.1 Å². The van der Waals surface area contributed by atoms with Gasteiger partial charge in [0.15, 0.2) is 0 Å². The maximum absolute atomic E-state index is 13.1. The van der Waals surface area contributed by atoms with Crippen molar-refractivity contribution in [1.29, 1.82) is 0 Å². The van der Waals surface area contributed by atoms with Crippen molar-refractivity contribution in [2.45, 2.75) is 148 Å². The van der Waals surface area contributed by atoms with Crippen molar-refractivity contribution in [3.8, 4) is 0 Å². The summed E-state index contributed by atoms with van der Waals surface area (Å²) in [7, 11) is 0. The van der Waals surface area contributed by atoms with Crippen LogP contribution in [0.25, 0.3) is 0 Å². The average molecular weight is 700 g/mol. The van der Waals surface area contributed by atoms with Crippen LogP contribution in [0.15, 0.2) is 24.3 Å². The maximum atomic E-state index is 13.1. The Hall–Kier alpha value is -2.35. The van der Waals surface area contributed by atoms with E-state index in [1.165, 1.54) is 64.2 Å². The summed E-state index contributed by atoms with van der Waals surface area (Å²) in [6, 6.07) is 0. The molecule has 1 aliphatic heterocycles. The molecule has 0 amide bonds. The minimum Gasteiger partial charge on any atom is -0.465 e. The summed E-state index contributed by atoms with van der Waals surface area (Å²) in [6.45, 7) is 5.77. The third kappa shape index (κ3) is 15.9. The van der Waals surface area contributed by atoms with E-state index in [-0.39, 0.29) is 37.2 Å². The molecule has 0 radical (unpaired) electrons. The zero-order valence-electron chi connectivity index (χ0n) is 31.4. The Bertz CT molecular complexity index is 1010. The molecule has 4 bridgehead atoms. The van der Waals surface area contributed by atoms with Gasteiger partial charge in [0.2, 0.25) is 0 Å². The van der Waals surface area contributed by atoms with Crippen LogP contribution in [0.5, 0.6) is 0 Å². The second-order valence-electron chi connectivity index (χ2n) is 16.1. The first-order chi connectivity index (χ1) is 24.4. The average Bonchev–Trinajstić information content (AvgIpc) is 3.61. The first-order valence-electron chi connectivity index (χ1n) is 20.6. The molecule has 1 atom stereocenters.